The largest absolute Gasteiger partial charge is 0.461 e. The van der Waals surface area contributed by atoms with E-state index in [4.69, 9.17) is 9.72 Å². The van der Waals surface area contributed by atoms with Gasteiger partial charge in [-0.1, -0.05) is 26.8 Å². The molecule has 0 amide bonds. The normalized spacial score (nSPS) is 14.3. The van der Waals surface area contributed by atoms with Gasteiger partial charge >= 0.3 is 11.6 Å². The van der Waals surface area contributed by atoms with E-state index in [0.29, 0.717) is 23.4 Å². The molecule has 0 atom stereocenters. The lowest BCUT2D eigenvalue weighted by molar-refractivity contribution is -0.348. The standard InChI is InChI=1S/C24H26N4O3/c1-5-31-23(30)18-11-7-10-17(27-18)14-8-6-9-15(14)19-13-26-22-20(28-19)16(12-25-22)21(29)24(2,3)4/h7,10-13H,5-6,8-9H2,1-4H3,(H,25,26)/p+1. The molecule has 1 aliphatic rings. The van der Waals surface area contributed by atoms with Crippen molar-refractivity contribution in [1.82, 2.24) is 15.0 Å². The molecule has 0 aromatic carbocycles. The smallest absolute Gasteiger partial charge is 0.356 e. The number of esters is 1. The Morgan fingerprint density at radius 1 is 1.13 bits per heavy atom. The zero-order chi connectivity index (χ0) is 22.2. The third kappa shape index (κ3) is 4.00. The van der Waals surface area contributed by atoms with Gasteiger partial charge in [0.15, 0.2) is 11.3 Å². The summed E-state index contributed by atoms with van der Waals surface area (Å²) in [5.74, 6) is -0.378. The van der Waals surface area contributed by atoms with Gasteiger partial charge in [0, 0.05) is 5.41 Å². The van der Waals surface area contributed by atoms with Crippen LogP contribution in [0.1, 0.15) is 79.2 Å². The number of ether oxygens (including phenoxy) is 1. The van der Waals surface area contributed by atoms with Gasteiger partial charge in [-0.15, -0.1) is 0 Å². The van der Waals surface area contributed by atoms with E-state index in [2.05, 4.69) is 15.0 Å². The molecule has 0 aliphatic heterocycles. The number of nitrogens with one attached hydrogen (secondary N) is 2. The number of aromatic nitrogens is 4. The molecule has 3 aromatic rings. The molecule has 4 rings (SSSR count). The van der Waals surface area contributed by atoms with Crippen molar-refractivity contribution in [3.8, 4) is 0 Å². The van der Waals surface area contributed by atoms with Gasteiger partial charge in [0.25, 0.3) is 0 Å². The van der Waals surface area contributed by atoms with E-state index in [-0.39, 0.29) is 5.78 Å². The molecule has 7 heteroatoms. The molecule has 3 aromatic heterocycles. The predicted molar refractivity (Wildman–Crippen MR) is 117 cm³/mol. The second kappa shape index (κ2) is 8.06. The molecular formula is C24H27N4O3+. The van der Waals surface area contributed by atoms with Crippen molar-refractivity contribution in [3.05, 3.63) is 53.2 Å². The summed E-state index contributed by atoms with van der Waals surface area (Å²) in [5, 5.41) is 0. The maximum absolute atomic E-state index is 12.9. The number of Topliss-reactive ketones (excluding diaryl/α,β-unsaturated/α-hetero) is 1. The highest BCUT2D eigenvalue weighted by Crippen LogP contribution is 2.38. The van der Waals surface area contributed by atoms with E-state index in [0.717, 1.165) is 47.4 Å². The fourth-order valence-corrected chi connectivity index (χ4v) is 3.90. The summed E-state index contributed by atoms with van der Waals surface area (Å²) in [6, 6.07) is 5.40. The van der Waals surface area contributed by atoms with Crippen molar-refractivity contribution in [1.29, 1.82) is 0 Å². The molecular weight excluding hydrogens is 392 g/mol. The first-order chi connectivity index (χ1) is 14.8. The van der Waals surface area contributed by atoms with Crippen LogP contribution in [0.15, 0.2) is 30.6 Å². The SMILES string of the molecule is CCOC(=O)c1cccc(C2=C(c3c[nH+]c4[nH]cc(C(=O)C(C)(C)C)c4n3)CCC2)n1. The number of ketones is 1. The lowest BCUT2D eigenvalue weighted by atomic mass is 9.87. The van der Waals surface area contributed by atoms with Gasteiger partial charge in [0.1, 0.15) is 23.8 Å². The molecule has 31 heavy (non-hydrogen) atoms. The second-order valence-electron chi connectivity index (χ2n) is 8.73. The Morgan fingerprint density at radius 3 is 2.58 bits per heavy atom. The lowest BCUT2D eigenvalue weighted by Gasteiger charge is -2.14. The van der Waals surface area contributed by atoms with Crippen LogP contribution in [-0.2, 0) is 4.74 Å². The first kappa shape index (κ1) is 20.9. The molecule has 0 saturated heterocycles. The molecule has 2 N–H and O–H groups in total. The molecule has 0 fully saturated rings. The third-order valence-electron chi connectivity index (χ3n) is 5.43. The fraction of sp³-hybridized carbons (Fsp3) is 0.375. The van der Waals surface area contributed by atoms with Gasteiger partial charge in [0.05, 0.1) is 17.9 Å². The van der Waals surface area contributed by atoms with Crippen LogP contribution in [0.2, 0.25) is 0 Å². The van der Waals surface area contributed by atoms with Crippen LogP contribution in [0, 0.1) is 5.41 Å². The quantitative estimate of drug-likeness (QED) is 0.492. The number of carbonyl (C=O) groups excluding carboxylic acids is 2. The Hall–Kier alpha value is -3.35. The van der Waals surface area contributed by atoms with Gasteiger partial charge in [0.2, 0.25) is 0 Å². The van der Waals surface area contributed by atoms with Crippen LogP contribution in [0.25, 0.3) is 22.3 Å². The number of hydrogen-bond donors (Lipinski definition) is 1. The maximum Gasteiger partial charge on any atom is 0.356 e. The van der Waals surface area contributed by atoms with Crippen LogP contribution in [-0.4, -0.2) is 33.3 Å². The van der Waals surface area contributed by atoms with E-state index >= 15 is 0 Å². The van der Waals surface area contributed by atoms with Crippen molar-refractivity contribution in [2.75, 3.05) is 6.61 Å². The minimum Gasteiger partial charge on any atom is -0.461 e. The van der Waals surface area contributed by atoms with Gasteiger partial charge in [-0.25, -0.2) is 24.7 Å². The van der Waals surface area contributed by atoms with Gasteiger partial charge in [-0.3, -0.25) is 4.79 Å². The van der Waals surface area contributed by atoms with Gasteiger partial charge < -0.3 is 4.74 Å². The minimum absolute atomic E-state index is 0.0428. The maximum atomic E-state index is 12.9. The van der Waals surface area contributed by atoms with Crippen molar-refractivity contribution in [3.63, 3.8) is 0 Å². The van der Waals surface area contributed by atoms with E-state index in [9.17, 15) is 9.59 Å². The van der Waals surface area contributed by atoms with Crippen molar-refractivity contribution in [2.24, 2.45) is 5.41 Å². The fourth-order valence-electron chi connectivity index (χ4n) is 3.90. The molecule has 3 heterocycles. The number of nitrogens with zero attached hydrogens (tertiary/aromatic N) is 2. The molecule has 0 bridgehead atoms. The number of carbonyl (C=O) groups is 2. The Morgan fingerprint density at radius 2 is 1.87 bits per heavy atom. The molecule has 160 valence electrons. The number of pyridine rings is 1. The Labute approximate surface area is 181 Å². The van der Waals surface area contributed by atoms with Crippen LogP contribution in [0.4, 0.5) is 0 Å². The summed E-state index contributed by atoms with van der Waals surface area (Å²) >= 11 is 0. The molecule has 0 saturated carbocycles. The third-order valence-corrected chi connectivity index (χ3v) is 5.43. The summed E-state index contributed by atoms with van der Waals surface area (Å²) < 4.78 is 5.09. The Balaban J connectivity index is 1.78. The van der Waals surface area contributed by atoms with Gasteiger partial charge in [-0.2, -0.15) is 0 Å². The van der Waals surface area contributed by atoms with Crippen LogP contribution in [0.5, 0.6) is 0 Å². The van der Waals surface area contributed by atoms with Crippen LogP contribution >= 0.6 is 0 Å². The molecule has 1 aliphatic carbocycles. The number of aromatic amines is 2. The highest BCUT2D eigenvalue weighted by atomic mass is 16.5. The number of H-pyrrole nitrogens is 2. The number of allylic oxidation sites excluding steroid dienone is 2. The van der Waals surface area contributed by atoms with Crippen LogP contribution in [0.3, 0.4) is 0 Å². The highest BCUT2D eigenvalue weighted by molar-refractivity contribution is 6.08. The monoisotopic (exact) mass is 419 g/mol. The minimum atomic E-state index is -0.498. The summed E-state index contributed by atoms with van der Waals surface area (Å²) in [6.07, 6.45) is 6.28. The van der Waals surface area contributed by atoms with E-state index < -0.39 is 11.4 Å². The highest BCUT2D eigenvalue weighted by Gasteiger charge is 2.29. The predicted octanol–water partition coefficient (Wildman–Crippen LogP) is 4.27. The first-order valence-electron chi connectivity index (χ1n) is 10.6. The van der Waals surface area contributed by atoms with E-state index in [1.165, 1.54) is 0 Å². The first-order valence-corrected chi connectivity index (χ1v) is 10.6. The van der Waals surface area contributed by atoms with Gasteiger partial charge in [-0.05, 0) is 49.5 Å². The lowest BCUT2D eigenvalue weighted by Crippen LogP contribution is -2.20. The summed E-state index contributed by atoms with van der Waals surface area (Å²) in [4.78, 5) is 40.7. The number of fused-ring (bicyclic) bond motifs is 1. The van der Waals surface area contributed by atoms with Crippen molar-refractivity contribution >= 4 is 34.1 Å². The molecule has 0 unspecified atom stereocenters. The van der Waals surface area contributed by atoms with Crippen molar-refractivity contribution < 1.29 is 19.3 Å². The van der Waals surface area contributed by atoms with E-state index in [1.54, 1.807) is 19.2 Å². The van der Waals surface area contributed by atoms with Crippen molar-refractivity contribution in [2.45, 2.75) is 47.0 Å². The Bertz CT molecular complexity index is 1200. The molecule has 0 radical (unpaired) electrons. The molecule has 7 nitrogen and oxygen atoms in total. The topological polar surface area (TPSA) is 99.1 Å². The van der Waals surface area contributed by atoms with Crippen LogP contribution < -0.4 is 4.98 Å². The summed E-state index contributed by atoms with van der Waals surface area (Å²) in [5.41, 5.74) is 5.48. The number of hydrogen-bond acceptors (Lipinski definition) is 5. The second-order valence-corrected chi connectivity index (χ2v) is 8.73. The average Bonchev–Trinajstić information content (AvgIpc) is 3.39. The summed E-state index contributed by atoms with van der Waals surface area (Å²) in [6.45, 7) is 7.80. The average molecular weight is 420 g/mol. The summed E-state index contributed by atoms with van der Waals surface area (Å²) in [7, 11) is 0. The van der Waals surface area contributed by atoms with E-state index in [1.807, 2.05) is 39.1 Å². The zero-order valence-electron chi connectivity index (χ0n) is 18.3. The molecule has 0 spiro atoms. The number of rotatable bonds is 5. The zero-order valence-corrected chi connectivity index (χ0v) is 18.3. The Kier molecular flexibility index (Phi) is 5.43.